The molecular formula is C24H27N5O2S2. The fraction of sp³-hybridized carbons (Fsp3) is 0.417. The third kappa shape index (κ3) is 4.25. The van der Waals surface area contributed by atoms with Crippen LogP contribution in [0.1, 0.15) is 28.0 Å². The lowest BCUT2D eigenvalue weighted by Gasteiger charge is -2.26. The minimum atomic E-state index is 0.0101. The van der Waals surface area contributed by atoms with Crippen LogP contribution in [0.25, 0.3) is 10.2 Å². The van der Waals surface area contributed by atoms with Gasteiger partial charge in [-0.2, -0.15) is 0 Å². The predicted molar refractivity (Wildman–Crippen MR) is 135 cm³/mol. The maximum Gasteiger partial charge on any atom is 0.225 e. The maximum atomic E-state index is 12.9. The number of aromatic nitrogens is 2. The number of hydrogen-bond donors (Lipinski definition) is 1. The van der Waals surface area contributed by atoms with Gasteiger partial charge in [-0.1, -0.05) is 0 Å². The molecule has 2 aliphatic rings. The third-order valence-corrected chi connectivity index (χ3v) is 8.35. The van der Waals surface area contributed by atoms with Gasteiger partial charge in [0.25, 0.3) is 0 Å². The summed E-state index contributed by atoms with van der Waals surface area (Å²) in [7, 11) is 3.52. The molecule has 1 atom stereocenters. The second kappa shape index (κ2) is 9.40. The van der Waals surface area contributed by atoms with Gasteiger partial charge in [-0.25, -0.2) is 9.97 Å². The number of methoxy groups -OCH3 is 1. The van der Waals surface area contributed by atoms with Gasteiger partial charge in [0.15, 0.2) is 0 Å². The predicted octanol–water partition coefficient (Wildman–Crippen LogP) is 4.30. The van der Waals surface area contributed by atoms with Crippen molar-refractivity contribution in [1.29, 1.82) is 0 Å². The van der Waals surface area contributed by atoms with E-state index in [1.165, 1.54) is 20.9 Å². The zero-order valence-corrected chi connectivity index (χ0v) is 20.7. The summed E-state index contributed by atoms with van der Waals surface area (Å²) in [6.07, 6.45) is 8.12. The van der Waals surface area contributed by atoms with Crippen LogP contribution in [0.5, 0.6) is 0 Å². The van der Waals surface area contributed by atoms with Crippen molar-refractivity contribution in [3.8, 4) is 0 Å². The topological polar surface area (TPSA) is 79.7 Å². The number of nitrogens with zero attached hydrogens (tertiary/aromatic N) is 4. The van der Waals surface area contributed by atoms with Crippen LogP contribution < -0.4 is 5.32 Å². The number of hydrogen-bond acceptors (Lipinski definition) is 8. The number of ether oxygens (including phenoxy) is 1. The van der Waals surface area contributed by atoms with Crippen LogP contribution in [0.4, 0.5) is 11.5 Å². The second-order valence-electron chi connectivity index (χ2n) is 8.44. The summed E-state index contributed by atoms with van der Waals surface area (Å²) in [6.45, 7) is 1.92. The number of carbonyl (C=O) groups is 1. The van der Waals surface area contributed by atoms with Crippen molar-refractivity contribution in [2.75, 3.05) is 38.9 Å². The highest BCUT2D eigenvalue weighted by atomic mass is 32.2. The van der Waals surface area contributed by atoms with Crippen LogP contribution in [0.3, 0.4) is 0 Å². The molecule has 0 fully saturated rings. The first kappa shape index (κ1) is 22.3. The number of amides is 1. The number of likely N-dealkylation sites (N-methyl/N-ethyl adjacent to an activating group) is 1. The number of nitrogens with one attached hydrogen (secondary N) is 1. The average Bonchev–Trinajstić information content (AvgIpc) is 3.45. The Hall–Kier alpha value is -2.49. The quantitative estimate of drug-likeness (QED) is 0.507. The third-order valence-electron chi connectivity index (χ3n) is 6.41. The standard InChI is InChI=1S/C24H27N5O2S2/c1-29(6-7-31-2)24(30)14-4-5-17-19(9-14)33-23-21(17)22(26-13-27-23)28-18-8-15-11-25-12-16(15)10-20(18)32-3/h8,10-11,13-14H,4-7,9,12H2,1-3H3,(H,26,27,28)/t14-/m0/s1. The molecule has 0 bridgehead atoms. The van der Waals surface area contributed by atoms with Crippen molar-refractivity contribution in [2.45, 2.75) is 30.7 Å². The lowest BCUT2D eigenvalue weighted by molar-refractivity contribution is -0.135. The van der Waals surface area contributed by atoms with Crippen LogP contribution in [-0.4, -0.2) is 60.6 Å². The number of carbonyl (C=O) groups excluding carboxylic acids is 1. The number of aryl methyl sites for hydroxylation is 1. The summed E-state index contributed by atoms with van der Waals surface area (Å²) in [5.74, 6) is 1.05. The lowest BCUT2D eigenvalue weighted by atomic mass is 9.87. The van der Waals surface area contributed by atoms with E-state index in [9.17, 15) is 4.79 Å². The first-order valence-corrected chi connectivity index (χ1v) is 13.1. The monoisotopic (exact) mass is 481 g/mol. The Balaban J connectivity index is 1.44. The SMILES string of the molecule is COCCN(C)C(=O)[C@H]1CCc2c(sc3ncnc(Nc4cc5c(cc4SC)CN=C5)c23)C1. The Morgan fingerprint density at radius 2 is 2.24 bits per heavy atom. The molecule has 2 aromatic heterocycles. The molecule has 0 unspecified atom stereocenters. The second-order valence-corrected chi connectivity index (χ2v) is 10.4. The number of aliphatic imine (C=N–C) groups is 1. The van der Waals surface area contributed by atoms with Gasteiger partial charge in [0.1, 0.15) is 17.0 Å². The van der Waals surface area contributed by atoms with E-state index in [1.807, 2.05) is 13.3 Å². The maximum absolute atomic E-state index is 12.9. The van der Waals surface area contributed by atoms with Crippen molar-refractivity contribution in [3.63, 3.8) is 0 Å². The fourth-order valence-electron chi connectivity index (χ4n) is 4.60. The van der Waals surface area contributed by atoms with Crippen molar-refractivity contribution in [3.05, 3.63) is 40.0 Å². The van der Waals surface area contributed by atoms with Gasteiger partial charge < -0.3 is 15.0 Å². The molecular weight excluding hydrogens is 454 g/mol. The minimum Gasteiger partial charge on any atom is -0.383 e. The summed E-state index contributed by atoms with van der Waals surface area (Å²) >= 11 is 3.41. The van der Waals surface area contributed by atoms with Crippen molar-refractivity contribution >= 4 is 56.9 Å². The van der Waals surface area contributed by atoms with Crippen molar-refractivity contribution in [2.24, 2.45) is 10.9 Å². The molecule has 1 aliphatic heterocycles. The molecule has 3 aromatic rings. The van der Waals surface area contributed by atoms with Gasteiger partial charge in [-0.05, 0) is 54.3 Å². The molecule has 0 spiro atoms. The molecule has 0 saturated heterocycles. The molecule has 1 N–H and O–H groups in total. The van der Waals surface area contributed by atoms with E-state index < -0.39 is 0 Å². The van der Waals surface area contributed by atoms with Gasteiger partial charge in [0.05, 0.1) is 24.2 Å². The molecule has 1 aromatic carbocycles. The van der Waals surface area contributed by atoms with E-state index in [1.54, 1.807) is 41.4 Å². The first-order chi connectivity index (χ1) is 16.1. The number of anilines is 2. The fourth-order valence-corrected chi connectivity index (χ4v) is 6.46. The summed E-state index contributed by atoms with van der Waals surface area (Å²) in [5.41, 5.74) is 4.75. The van der Waals surface area contributed by atoms with Gasteiger partial charge in [-0.3, -0.25) is 9.79 Å². The van der Waals surface area contributed by atoms with Crippen LogP contribution in [0.15, 0.2) is 28.3 Å². The summed E-state index contributed by atoms with van der Waals surface area (Å²) in [5, 5.41) is 4.69. The molecule has 1 amide bonds. The molecule has 0 radical (unpaired) electrons. The summed E-state index contributed by atoms with van der Waals surface area (Å²) < 4.78 is 5.13. The van der Waals surface area contributed by atoms with Gasteiger partial charge in [0, 0.05) is 42.6 Å². The number of fused-ring (bicyclic) bond motifs is 4. The van der Waals surface area contributed by atoms with Crippen molar-refractivity contribution < 1.29 is 9.53 Å². The zero-order valence-electron chi connectivity index (χ0n) is 19.1. The van der Waals surface area contributed by atoms with Gasteiger partial charge >= 0.3 is 0 Å². The van der Waals surface area contributed by atoms with Gasteiger partial charge in [-0.15, -0.1) is 23.1 Å². The molecule has 0 saturated carbocycles. The largest absolute Gasteiger partial charge is 0.383 e. The minimum absolute atomic E-state index is 0.0101. The Labute approximate surface area is 201 Å². The van der Waals surface area contributed by atoms with Gasteiger partial charge in [0.2, 0.25) is 5.91 Å². The highest BCUT2D eigenvalue weighted by Gasteiger charge is 2.30. The molecule has 3 heterocycles. The zero-order chi connectivity index (χ0) is 22.9. The first-order valence-electron chi connectivity index (χ1n) is 11.1. The molecule has 9 heteroatoms. The van der Waals surface area contributed by atoms with E-state index in [0.29, 0.717) is 13.2 Å². The number of rotatable bonds is 7. The molecule has 172 valence electrons. The Bertz CT molecular complexity index is 1240. The molecule has 33 heavy (non-hydrogen) atoms. The Morgan fingerprint density at radius 1 is 1.36 bits per heavy atom. The molecule has 7 nitrogen and oxygen atoms in total. The van der Waals surface area contributed by atoms with E-state index in [2.05, 4.69) is 38.7 Å². The van der Waals surface area contributed by atoms with E-state index >= 15 is 0 Å². The van der Waals surface area contributed by atoms with Crippen LogP contribution in [-0.2, 0) is 28.9 Å². The van der Waals surface area contributed by atoms with Crippen LogP contribution in [0, 0.1) is 5.92 Å². The molecule has 5 rings (SSSR count). The van der Waals surface area contributed by atoms with Crippen molar-refractivity contribution in [1.82, 2.24) is 14.9 Å². The highest BCUT2D eigenvalue weighted by molar-refractivity contribution is 7.98. The number of benzene rings is 1. The number of thiophene rings is 1. The summed E-state index contributed by atoms with van der Waals surface area (Å²) in [6, 6.07) is 4.38. The Kier molecular flexibility index (Phi) is 6.36. The summed E-state index contributed by atoms with van der Waals surface area (Å²) in [4.78, 5) is 31.7. The highest BCUT2D eigenvalue weighted by Crippen LogP contribution is 2.41. The van der Waals surface area contributed by atoms with Crippen LogP contribution >= 0.6 is 23.1 Å². The van der Waals surface area contributed by atoms with E-state index in [-0.39, 0.29) is 11.8 Å². The Morgan fingerprint density at radius 3 is 3.06 bits per heavy atom. The van der Waals surface area contributed by atoms with E-state index in [4.69, 9.17) is 4.74 Å². The van der Waals surface area contributed by atoms with Crippen LogP contribution in [0.2, 0.25) is 0 Å². The lowest BCUT2D eigenvalue weighted by Crippen LogP contribution is -2.37. The number of thioether (sulfide) groups is 1. The average molecular weight is 482 g/mol. The smallest absolute Gasteiger partial charge is 0.225 e. The normalized spacial score (nSPS) is 16.6. The molecule has 1 aliphatic carbocycles. The van der Waals surface area contributed by atoms with E-state index in [0.717, 1.165) is 53.1 Å².